The highest BCUT2D eigenvalue weighted by molar-refractivity contribution is 5.97. The second-order valence-electron chi connectivity index (χ2n) is 5.17. The van der Waals surface area contributed by atoms with Crippen LogP contribution in [0.25, 0.3) is 0 Å². The molecule has 1 saturated carbocycles. The molecule has 0 bridgehead atoms. The summed E-state index contributed by atoms with van der Waals surface area (Å²) in [5.41, 5.74) is 5.33. The van der Waals surface area contributed by atoms with E-state index >= 15 is 0 Å². The third kappa shape index (κ3) is 2.85. The van der Waals surface area contributed by atoms with Crippen LogP contribution in [0.2, 0.25) is 0 Å². The van der Waals surface area contributed by atoms with Gasteiger partial charge in [-0.05, 0) is 30.9 Å². The first kappa shape index (κ1) is 13.0. The minimum Gasteiger partial charge on any atom is -0.317 e. The lowest BCUT2D eigenvalue weighted by Gasteiger charge is -2.35. The molecule has 2 unspecified atom stereocenters. The molecule has 1 aromatic rings. The van der Waals surface area contributed by atoms with E-state index in [1.807, 2.05) is 0 Å². The number of nitrogens with zero attached hydrogens (tertiary/aromatic N) is 1. The lowest BCUT2D eigenvalue weighted by molar-refractivity contribution is -0.122. The highest BCUT2D eigenvalue weighted by Gasteiger charge is 2.38. The molecule has 0 radical (unpaired) electrons. The SMILES string of the molecule is CC1CCCC(N)(C(=O)Nc2ccc(F)cn2)C1. The molecule has 1 heterocycles. The van der Waals surface area contributed by atoms with Gasteiger partial charge in [-0.2, -0.15) is 0 Å². The third-order valence-corrected chi connectivity index (χ3v) is 3.45. The van der Waals surface area contributed by atoms with Crippen molar-refractivity contribution in [3.8, 4) is 0 Å². The standard InChI is InChI=1S/C13H18FN3O/c1-9-3-2-6-13(15,7-9)12(18)17-11-5-4-10(14)8-16-11/h4-5,8-9H,2-3,6-7,15H2,1H3,(H,16,17,18). The maximum Gasteiger partial charge on any atom is 0.245 e. The molecule has 3 N–H and O–H groups in total. The molecule has 0 spiro atoms. The molecular weight excluding hydrogens is 233 g/mol. The van der Waals surface area contributed by atoms with E-state index in [1.54, 1.807) is 0 Å². The maximum atomic E-state index is 12.7. The number of hydrogen-bond acceptors (Lipinski definition) is 3. The Morgan fingerprint density at radius 1 is 1.61 bits per heavy atom. The van der Waals surface area contributed by atoms with Crippen molar-refractivity contribution in [1.29, 1.82) is 0 Å². The number of amides is 1. The molecule has 2 rings (SSSR count). The molecule has 18 heavy (non-hydrogen) atoms. The summed E-state index contributed by atoms with van der Waals surface area (Å²) < 4.78 is 12.7. The van der Waals surface area contributed by atoms with Crippen molar-refractivity contribution in [1.82, 2.24) is 4.98 Å². The number of hydrogen-bond donors (Lipinski definition) is 2. The number of nitrogens with one attached hydrogen (secondary N) is 1. The first-order valence-corrected chi connectivity index (χ1v) is 6.21. The highest BCUT2D eigenvalue weighted by atomic mass is 19.1. The van der Waals surface area contributed by atoms with Crippen molar-refractivity contribution < 1.29 is 9.18 Å². The van der Waals surface area contributed by atoms with Gasteiger partial charge < -0.3 is 11.1 Å². The Morgan fingerprint density at radius 2 is 2.39 bits per heavy atom. The third-order valence-electron chi connectivity index (χ3n) is 3.45. The first-order valence-electron chi connectivity index (χ1n) is 6.21. The molecule has 0 aliphatic heterocycles. The summed E-state index contributed by atoms with van der Waals surface area (Å²) in [6, 6.07) is 2.69. The van der Waals surface area contributed by atoms with Crippen LogP contribution in [0.5, 0.6) is 0 Å². The molecule has 1 fully saturated rings. The van der Waals surface area contributed by atoms with Crippen molar-refractivity contribution in [3.05, 3.63) is 24.1 Å². The van der Waals surface area contributed by atoms with Crippen LogP contribution in [-0.4, -0.2) is 16.4 Å². The molecule has 1 amide bonds. The number of pyridine rings is 1. The van der Waals surface area contributed by atoms with Crippen molar-refractivity contribution in [3.63, 3.8) is 0 Å². The minimum absolute atomic E-state index is 0.229. The molecule has 1 aromatic heterocycles. The Bertz CT molecular complexity index is 434. The van der Waals surface area contributed by atoms with E-state index in [9.17, 15) is 9.18 Å². The van der Waals surface area contributed by atoms with Crippen molar-refractivity contribution >= 4 is 11.7 Å². The normalized spacial score (nSPS) is 27.8. The van der Waals surface area contributed by atoms with E-state index in [0.717, 1.165) is 19.0 Å². The van der Waals surface area contributed by atoms with Crippen LogP contribution in [0.1, 0.15) is 32.6 Å². The van der Waals surface area contributed by atoms with Gasteiger partial charge in [0.25, 0.3) is 0 Å². The Labute approximate surface area is 106 Å². The molecule has 0 aromatic carbocycles. The summed E-state index contributed by atoms with van der Waals surface area (Å²) in [7, 11) is 0. The van der Waals surface area contributed by atoms with Crippen LogP contribution >= 0.6 is 0 Å². The molecule has 5 heteroatoms. The smallest absolute Gasteiger partial charge is 0.245 e. The quantitative estimate of drug-likeness (QED) is 0.845. The van der Waals surface area contributed by atoms with Crippen LogP contribution in [0.4, 0.5) is 10.2 Å². The number of anilines is 1. The Hall–Kier alpha value is -1.49. The van der Waals surface area contributed by atoms with Gasteiger partial charge in [0.1, 0.15) is 11.6 Å². The van der Waals surface area contributed by atoms with Gasteiger partial charge in [0.05, 0.1) is 11.7 Å². The number of carbonyl (C=O) groups is 1. The van der Waals surface area contributed by atoms with Gasteiger partial charge in [-0.1, -0.05) is 19.8 Å². The predicted molar refractivity (Wildman–Crippen MR) is 67.4 cm³/mol. The fraction of sp³-hybridized carbons (Fsp3) is 0.538. The summed E-state index contributed by atoms with van der Waals surface area (Å²) in [6.07, 6.45) is 4.51. The topological polar surface area (TPSA) is 68.0 Å². The zero-order chi connectivity index (χ0) is 13.2. The summed E-state index contributed by atoms with van der Waals surface area (Å²) in [5.74, 6) is 0.134. The number of rotatable bonds is 2. The van der Waals surface area contributed by atoms with E-state index in [0.29, 0.717) is 24.6 Å². The van der Waals surface area contributed by atoms with E-state index in [4.69, 9.17) is 5.73 Å². The van der Waals surface area contributed by atoms with E-state index in [1.165, 1.54) is 12.1 Å². The summed E-state index contributed by atoms with van der Waals surface area (Å²) in [5, 5.41) is 2.66. The first-order chi connectivity index (χ1) is 8.49. The van der Waals surface area contributed by atoms with Gasteiger partial charge in [0, 0.05) is 0 Å². The van der Waals surface area contributed by atoms with Crippen molar-refractivity contribution in [2.24, 2.45) is 11.7 Å². The average Bonchev–Trinajstić information content (AvgIpc) is 2.32. The number of carbonyl (C=O) groups excluding carboxylic acids is 1. The fourth-order valence-corrected chi connectivity index (χ4v) is 2.49. The highest BCUT2D eigenvalue weighted by Crippen LogP contribution is 2.31. The molecule has 98 valence electrons. The molecule has 1 aliphatic carbocycles. The molecule has 4 nitrogen and oxygen atoms in total. The van der Waals surface area contributed by atoms with Gasteiger partial charge in [-0.3, -0.25) is 4.79 Å². The van der Waals surface area contributed by atoms with Crippen molar-refractivity contribution in [2.75, 3.05) is 5.32 Å². The number of aromatic nitrogens is 1. The summed E-state index contributed by atoms with van der Waals surface area (Å²) >= 11 is 0. The summed E-state index contributed by atoms with van der Waals surface area (Å²) in [4.78, 5) is 16.0. The van der Waals surface area contributed by atoms with Crippen LogP contribution < -0.4 is 11.1 Å². The number of halogens is 1. The van der Waals surface area contributed by atoms with E-state index in [2.05, 4.69) is 17.2 Å². The molecule has 1 aliphatic rings. The van der Waals surface area contributed by atoms with Gasteiger partial charge in [-0.15, -0.1) is 0 Å². The van der Waals surface area contributed by atoms with Crippen LogP contribution in [0.15, 0.2) is 18.3 Å². The average molecular weight is 251 g/mol. The predicted octanol–water partition coefficient (Wildman–Crippen LogP) is 2.07. The van der Waals surface area contributed by atoms with Gasteiger partial charge in [0.15, 0.2) is 0 Å². The zero-order valence-corrected chi connectivity index (χ0v) is 10.4. The minimum atomic E-state index is -0.826. The van der Waals surface area contributed by atoms with E-state index < -0.39 is 11.4 Å². The maximum absolute atomic E-state index is 12.7. The van der Waals surface area contributed by atoms with Gasteiger partial charge >= 0.3 is 0 Å². The molecule has 2 atom stereocenters. The van der Waals surface area contributed by atoms with Gasteiger partial charge in [0.2, 0.25) is 5.91 Å². The molecule has 0 saturated heterocycles. The van der Waals surface area contributed by atoms with Gasteiger partial charge in [-0.25, -0.2) is 9.37 Å². The lowest BCUT2D eigenvalue weighted by atomic mass is 9.76. The van der Waals surface area contributed by atoms with Crippen LogP contribution in [0.3, 0.4) is 0 Å². The lowest BCUT2D eigenvalue weighted by Crippen LogP contribution is -2.53. The Morgan fingerprint density at radius 3 is 3.00 bits per heavy atom. The summed E-state index contributed by atoms with van der Waals surface area (Å²) in [6.45, 7) is 2.10. The fourth-order valence-electron chi connectivity index (χ4n) is 2.49. The van der Waals surface area contributed by atoms with Crippen LogP contribution in [-0.2, 0) is 4.79 Å². The van der Waals surface area contributed by atoms with E-state index in [-0.39, 0.29) is 5.91 Å². The largest absolute Gasteiger partial charge is 0.317 e. The molecular formula is C13H18FN3O. The van der Waals surface area contributed by atoms with Crippen LogP contribution in [0, 0.1) is 11.7 Å². The monoisotopic (exact) mass is 251 g/mol. The number of nitrogens with two attached hydrogens (primary N) is 1. The van der Waals surface area contributed by atoms with Crippen molar-refractivity contribution in [2.45, 2.75) is 38.1 Å². The second-order valence-corrected chi connectivity index (χ2v) is 5.17. The zero-order valence-electron chi connectivity index (χ0n) is 10.4. The second kappa shape index (κ2) is 5.02. The Balaban J connectivity index is 2.04. The Kier molecular flexibility index (Phi) is 3.61.